The molecule has 1 aromatic rings. The lowest BCUT2D eigenvalue weighted by atomic mass is 10.5. The van der Waals surface area contributed by atoms with Gasteiger partial charge < -0.3 is 0 Å². The molecule has 0 atom stereocenters. The minimum Gasteiger partial charge on any atom is -0.297 e. The minimum atomic E-state index is 0. The second kappa shape index (κ2) is 6.34. The molecule has 0 saturated heterocycles. The third-order valence-electron chi connectivity index (χ3n) is 1.00. The van der Waals surface area contributed by atoms with Crippen LogP contribution in [-0.2, 0) is 4.79 Å². The number of nitrogens with zero attached hydrogens (tertiary/aromatic N) is 2. The Morgan fingerprint density at radius 2 is 2.42 bits per heavy atom. The Kier molecular flexibility index (Phi) is 6.24. The van der Waals surface area contributed by atoms with Gasteiger partial charge in [-0.05, 0) is 11.9 Å². The number of carbonyl (C=O) groups is 1. The highest BCUT2D eigenvalue weighted by Crippen LogP contribution is 2.04. The fraction of sp³-hybridized carbons (Fsp3) is 0.333. The second-order valence-corrected chi connectivity index (χ2v) is 3.10. The molecule has 0 aliphatic rings. The maximum Gasteiger partial charge on any atom is 0.159 e. The number of Topliss-reactive ketones (excluding diaryl/α,β-unsaturated/α-hetero) is 1. The Hall–Kier alpha value is -0.190. The lowest BCUT2D eigenvalue weighted by molar-refractivity contribution is -0.114. The fourth-order valence-corrected chi connectivity index (χ4v) is 1.37. The molecule has 6 heteroatoms. The molecule has 0 radical (unpaired) electrons. The number of halogens is 2. The first-order valence-corrected chi connectivity index (χ1v) is 4.49. The van der Waals surface area contributed by atoms with E-state index in [9.17, 15) is 4.79 Å². The molecule has 0 bridgehead atoms. The quantitative estimate of drug-likeness (QED) is 0.733. The van der Waals surface area contributed by atoms with Crippen molar-refractivity contribution in [2.75, 3.05) is 11.6 Å². The molecular formula is C6H8Cl2N2OS. The number of carbonyl (C=O) groups excluding carboxylic acids is 1. The van der Waals surface area contributed by atoms with Crippen LogP contribution in [0, 0.1) is 0 Å². The smallest absolute Gasteiger partial charge is 0.159 e. The Labute approximate surface area is 86.0 Å². The summed E-state index contributed by atoms with van der Waals surface area (Å²) in [4.78, 5) is 14.5. The number of imidazole rings is 1. The van der Waals surface area contributed by atoms with Crippen molar-refractivity contribution in [2.45, 2.75) is 0 Å². The highest BCUT2D eigenvalue weighted by atomic mass is 35.5. The topological polar surface area (TPSA) is 34.9 Å². The third kappa shape index (κ3) is 3.99. The first kappa shape index (κ1) is 11.8. The predicted octanol–water partition coefficient (Wildman–Crippen LogP) is 1.61. The standard InChI is InChI=1S/C6H7ClN2OS.ClH/c7-3-6(10)4-11-9-2-1-8-5-9;/h1-2,5H,3-4H2;1H. The SMILES string of the molecule is Cl.O=C(CCl)CSn1ccnc1. The Morgan fingerprint density at radius 3 is 2.92 bits per heavy atom. The van der Waals surface area contributed by atoms with Crippen LogP contribution in [0.5, 0.6) is 0 Å². The maximum atomic E-state index is 10.7. The summed E-state index contributed by atoms with van der Waals surface area (Å²) in [6.07, 6.45) is 5.09. The summed E-state index contributed by atoms with van der Waals surface area (Å²) in [7, 11) is 0. The largest absolute Gasteiger partial charge is 0.297 e. The molecule has 0 unspecified atom stereocenters. The molecule has 0 aliphatic heterocycles. The Morgan fingerprint density at radius 1 is 1.67 bits per heavy atom. The highest BCUT2D eigenvalue weighted by Gasteiger charge is 1.99. The number of aromatic nitrogens is 2. The van der Waals surface area contributed by atoms with Crippen LogP contribution in [0.4, 0.5) is 0 Å². The minimum absolute atomic E-state index is 0. The molecule has 1 aromatic heterocycles. The van der Waals surface area contributed by atoms with Gasteiger partial charge in [-0.2, -0.15) is 0 Å². The molecule has 0 spiro atoms. The fourth-order valence-electron chi connectivity index (χ4n) is 0.508. The Balaban J connectivity index is 0.00000121. The van der Waals surface area contributed by atoms with E-state index in [0.717, 1.165) is 0 Å². The van der Waals surface area contributed by atoms with E-state index in [-0.39, 0.29) is 24.1 Å². The van der Waals surface area contributed by atoms with Crippen LogP contribution < -0.4 is 0 Å². The van der Waals surface area contributed by atoms with E-state index in [2.05, 4.69) is 4.98 Å². The van der Waals surface area contributed by atoms with Crippen molar-refractivity contribution in [3.8, 4) is 0 Å². The zero-order valence-corrected chi connectivity index (χ0v) is 8.53. The second-order valence-electron chi connectivity index (χ2n) is 1.87. The molecule has 0 N–H and O–H groups in total. The van der Waals surface area contributed by atoms with Gasteiger partial charge in [0, 0.05) is 12.4 Å². The lowest BCUT2D eigenvalue weighted by Gasteiger charge is -1.96. The van der Waals surface area contributed by atoms with Crippen LogP contribution in [0.15, 0.2) is 18.7 Å². The summed E-state index contributed by atoms with van der Waals surface area (Å²) in [5, 5.41) is 0. The average Bonchev–Trinajstić information content (AvgIpc) is 2.52. The van der Waals surface area contributed by atoms with Gasteiger partial charge in [0.1, 0.15) is 6.33 Å². The summed E-state index contributed by atoms with van der Waals surface area (Å²) in [6, 6.07) is 0. The third-order valence-corrected chi connectivity index (χ3v) is 2.27. The van der Waals surface area contributed by atoms with Gasteiger partial charge in [0.25, 0.3) is 0 Å². The van der Waals surface area contributed by atoms with E-state index in [1.807, 2.05) is 0 Å². The normalized spacial score (nSPS) is 9.08. The molecule has 68 valence electrons. The van der Waals surface area contributed by atoms with E-state index < -0.39 is 0 Å². The van der Waals surface area contributed by atoms with Gasteiger partial charge in [-0.25, -0.2) is 4.98 Å². The van der Waals surface area contributed by atoms with E-state index in [4.69, 9.17) is 11.6 Å². The lowest BCUT2D eigenvalue weighted by Crippen LogP contribution is -2.03. The van der Waals surface area contributed by atoms with Crippen LogP contribution in [0.25, 0.3) is 0 Å². The molecule has 0 amide bonds. The molecule has 0 fully saturated rings. The molecule has 1 heterocycles. The number of hydrogen-bond donors (Lipinski definition) is 0. The van der Waals surface area contributed by atoms with Gasteiger partial charge >= 0.3 is 0 Å². The van der Waals surface area contributed by atoms with Gasteiger partial charge in [-0.15, -0.1) is 24.0 Å². The van der Waals surface area contributed by atoms with Crippen LogP contribution in [0.3, 0.4) is 0 Å². The number of alkyl halides is 1. The van der Waals surface area contributed by atoms with Crippen molar-refractivity contribution in [1.82, 2.24) is 8.96 Å². The molecule has 0 aromatic carbocycles. The molecule has 3 nitrogen and oxygen atoms in total. The van der Waals surface area contributed by atoms with Gasteiger partial charge in [-0.3, -0.25) is 8.77 Å². The van der Waals surface area contributed by atoms with Gasteiger partial charge in [0.2, 0.25) is 0 Å². The van der Waals surface area contributed by atoms with Crippen molar-refractivity contribution in [2.24, 2.45) is 0 Å². The van der Waals surface area contributed by atoms with E-state index in [0.29, 0.717) is 5.75 Å². The molecule has 0 aliphatic carbocycles. The zero-order chi connectivity index (χ0) is 8.10. The molecule has 0 saturated carbocycles. The number of ketones is 1. The van der Waals surface area contributed by atoms with Crippen molar-refractivity contribution in [1.29, 1.82) is 0 Å². The highest BCUT2D eigenvalue weighted by molar-refractivity contribution is 7.98. The first-order valence-electron chi connectivity index (χ1n) is 3.02. The first-order chi connectivity index (χ1) is 5.33. The van der Waals surface area contributed by atoms with Crippen LogP contribution in [-0.4, -0.2) is 26.4 Å². The summed E-state index contributed by atoms with van der Waals surface area (Å²) in [6.45, 7) is 0. The van der Waals surface area contributed by atoms with Crippen LogP contribution in [0.1, 0.15) is 0 Å². The van der Waals surface area contributed by atoms with Crippen molar-refractivity contribution in [3.05, 3.63) is 18.7 Å². The Bertz CT molecular complexity index is 227. The van der Waals surface area contributed by atoms with Gasteiger partial charge in [-0.1, -0.05) is 0 Å². The van der Waals surface area contributed by atoms with Crippen molar-refractivity contribution < 1.29 is 4.79 Å². The molecule has 12 heavy (non-hydrogen) atoms. The summed E-state index contributed by atoms with van der Waals surface area (Å²) >= 11 is 6.68. The van der Waals surface area contributed by atoms with Gasteiger partial charge in [0.05, 0.1) is 11.6 Å². The predicted molar refractivity (Wildman–Crippen MR) is 53.1 cm³/mol. The van der Waals surface area contributed by atoms with Crippen LogP contribution in [0.2, 0.25) is 0 Å². The van der Waals surface area contributed by atoms with E-state index in [1.54, 1.807) is 22.7 Å². The van der Waals surface area contributed by atoms with Gasteiger partial charge in [0.15, 0.2) is 5.78 Å². The van der Waals surface area contributed by atoms with E-state index in [1.165, 1.54) is 11.9 Å². The zero-order valence-electron chi connectivity index (χ0n) is 6.14. The molecular weight excluding hydrogens is 219 g/mol. The maximum absolute atomic E-state index is 10.7. The average molecular weight is 227 g/mol. The number of rotatable bonds is 4. The van der Waals surface area contributed by atoms with Crippen LogP contribution >= 0.6 is 36.0 Å². The van der Waals surface area contributed by atoms with Crippen molar-refractivity contribution >= 4 is 41.7 Å². The monoisotopic (exact) mass is 226 g/mol. The summed E-state index contributed by atoms with van der Waals surface area (Å²) < 4.78 is 1.77. The van der Waals surface area contributed by atoms with E-state index >= 15 is 0 Å². The molecule has 1 rings (SSSR count). The summed E-state index contributed by atoms with van der Waals surface area (Å²) in [5.41, 5.74) is 0. The van der Waals surface area contributed by atoms with Crippen molar-refractivity contribution in [3.63, 3.8) is 0 Å². The summed E-state index contributed by atoms with van der Waals surface area (Å²) in [5.74, 6) is 0.520. The number of hydrogen-bond acceptors (Lipinski definition) is 3.